The van der Waals surface area contributed by atoms with Gasteiger partial charge in [0.2, 0.25) is 0 Å². The van der Waals surface area contributed by atoms with Gasteiger partial charge >= 0.3 is 0 Å². The van der Waals surface area contributed by atoms with E-state index >= 15 is 0 Å². The van der Waals surface area contributed by atoms with E-state index < -0.39 is 0 Å². The van der Waals surface area contributed by atoms with Gasteiger partial charge in [-0.1, -0.05) is 48.5 Å². The average molecular weight is 349 g/mol. The Kier molecular flexibility index (Phi) is 5.81. The molecule has 3 aromatic rings. The molecular weight excluding hydrogens is 326 g/mol. The molecule has 5 nitrogen and oxygen atoms in total. The van der Waals surface area contributed by atoms with Crippen molar-refractivity contribution < 1.29 is 9.90 Å². The largest absolute Gasteiger partial charge is 0.396 e. The Bertz CT molecular complexity index is 844. The monoisotopic (exact) mass is 349 g/mol. The average Bonchev–Trinajstić information content (AvgIpc) is 3.13. The second-order valence-electron chi connectivity index (χ2n) is 6.28. The topological polar surface area (TPSA) is 67.2 Å². The van der Waals surface area contributed by atoms with Gasteiger partial charge < -0.3 is 10.4 Å². The van der Waals surface area contributed by atoms with E-state index in [1.165, 1.54) is 0 Å². The van der Waals surface area contributed by atoms with Gasteiger partial charge in [0.25, 0.3) is 5.91 Å². The fourth-order valence-electron chi connectivity index (χ4n) is 2.83. The smallest absolute Gasteiger partial charge is 0.255 e. The number of nitrogens with zero attached hydrogens (tertiary/aromatic N) is 2. The van der Waals surface area contributed by atoms with Crippen LogP contribution in [0.25, 0.3) is 16.9 Å². The summed E-state index contributed by atoms with van der Waals surface area (Å²) in [7, 11) is 0. The summed E-state index contributed by atoms with van der Waals surface area (Å²) in [5, 5.41) is 16.6. The summed E-state index contributed by atoms with van der Waals surface area (Å²) in [5.74, 6) is -0.156. The molecule has 2 aromatic carbocycles. The Balaban J connectivity index is 1.94. The van der Waals surface area contributed by atoms with Gasteiger partial charge in [-0.25, -0.2) is 4.68 Å². The molecule has 0 saturated heterocycles. The lowest BCUT2D eigenvalue weighted by Gasteiger charge is -2.13. The van der Waals surface area contributed by atoms with E-state index in [2.05, 4.69) is 10.4 Å². The molecule has 0 radical (unpaired) electrons. The predicted molar refractivity (Wildman–Crippen MR) is 102 cm³/mol. The van der Waals surface area contributed by atoms with Crippen LogP contribution >= 0.6 is 0 Å². The molecule has 0 aliphatic carbocycles. The van der Waals surface area contributed by atoms with E-state index in [1.54, 1.807) is 10.9 Å². The van der Waals surface area contributed by atoms with E-state index in [0.717, 1.165) is 17.7 Å². The Hall–Kier alpha value is -2.92. The van der Waals surface area contributed by atoms with E-state index in [1.807, 2.05) is 67.6 Å². The molecule has 1 unspecified atom stereocenters. The number of amides is 1. The number of rotatable bonds is 7. The summed E-state index contributed by atoms with van der Waals surface area (Å²) in [6, 6.07) is 19.4. The molecule has 0 spiro atoms. The van der Waals surface area contributed by atoms with Crippen molar-refractivity contribution in [3.05, 3.63) is 72.4 Å². The van der Waals surface area contributed by atoms with Gasteiger partial charge in [0, 0.05) is 24.4 Å². The van der Waals surface area contributed by atoms with Crippen molar-refractivity contribution in [3.63, 3.8) is 0 Å². The van der Waals surface area contributed by atoms with E-state index in [9.17, 15) is 4.79 Å². The molecule has 1 heterocycles. The minimum atomic E-state index is -0.156. The fraction of sp³-hybridized carbons (Fsp3) is 0.238. The lowest BCUT2D eigenvalue weighted by molar-refractivity contribution is 0.0937. The third-order valence-corrected chi connectivity index (χ3v) is 4.20. The van der Waals surface area contributed by atoms with Gasteiger partial charge in [0.1, 0.15) is 5.69 Å². The van der Waals surface area contributed by atoms with Crippen LogP contribution in [0.15, 0.2) is 66.9 Å². The normalized spacial score (nSPS) is 11.9. The number of hydrogen-bond acceptors (Lipinski definition) is 3. The quantitative estimate of drug-likeness (QED) is 0.687. The predicted octanol–water partition coefficient (Wildman–Crippen LogP) is 3.43. The van der Waals surface area contributed by atoms with Gasteiger partial charge in [-0.3, -0.25) is 4.79 Å². The maximum absolute atomic E-state index is 12.8. The summed E-state index contributed by atoms with van der Waals surface area (Å²) in [6.45, 7) is 2.07. The van der Waals surface area contributed by atoms with Crippen LogP contribution in [0.3, 0.4) is 0 Å². The number of aromatic nitrogens is 2. The highest BCUT2D eigenvalue weighted by Gasteiger charge is 2.19. The summed E-state index contributed by atoms with van der Waals surface area (Å²) in [6.07, 6.45) is 3.16. The zero-order chi connectivity index (χ0) is 18.4. The molecule has 0 fully saturated rings. The van der Waals surface area contributed by atoms with Crippen LogP contribution in [-0.4, -0.2) is 33.4 Å². The van der Waals surface area contributed by atoms with Crippen LogP contribution in [0.1, 0.15) is 30.1 Å². The minimum Gasteiger partial charge on any atom is -0.396 e. The third-order valence-electron chi connectivity index (χ3n) is 4.20. The van der Waals surface area contributed by atoms with E-state index in [0.29, 0.717) is 17.7 Å². The molecule has 0 saturated carbocycles. The third kappa shape index (κ3) is 4.18. The number of nitrogens with one attached hydrogen (secondary N) is 1. The van der Waals surface area contributed by atoms with Crippen LogP contribution in [0.5, 0.6) is 0 Å². The number of benzene rings is 2. The SMILES string of the molecule is CC(CCCO)NC(=O)c1cn(-c2ccccc2)nc1-c1ccccc1. The van der Waals surface area contributed by atoms with Crippen LogP contribution in [-0.2, 0) is 0 Å². The van der Waals surface area contributed by atoms with Crippen LogP contribution < -0.4 is 5.32 Å². The molecule has 1 atom stereocenters. The molecule has 26 heavy (non-hydrogen) atoms. The first-order chi connectivity index (χ1) is 12.7. The number of aliphatic hydroxyl groups excluding tert-OH is 1. The number of aliphatic hydroxyl groups is 1. The van der Waals surface area contributed by atoms with E-state index in [4.69, 9.17) is 5.11 Å². The van der Waals surface area contributed by atoms with Crippen molar-refractivity contribution in [3.8, 4) is 16.9 Å². The first-order valence-electron chi connectivity index (χ1n) is 8.81. The van der Waals surface area contributed by atoms with Gasteiger partial charge in [-0.15, -0.1) is 0 Å². The maximum atomic E-state index is 12.8. The molecule has 0 aliphatic rings. The summed E-state index contributed by atoms with van der Waals surface area (Å²) < 4.78 is 1.73. The Labute approximate surface area is 153 Å². The molecule has 3 rings (SSSR count). The van der Waals surface area contributed by atoms with Crippen LogP contribution in [0.4, 0.5) is 0 Å². The lowest BCUT2D eigenvalue weighted by Crippen LogP contribution is -2.32. The van der Waals surface area contributed by atoms with E-state index in [-0.39, 0.29) is 18.6 Å². The van der Waals surface area contributed by atoms with Gasteiger partial charge in [0.15, 0.2) is 0 Å². The van der Waals surface area contributed by atoms with Crippen LogP contribution in [0, 0.1) is 0 Å². The number of hydrogen-bond donors (Lipinski definition) is 2. The zero-order valence-electron chi connectivity index (χ0n) is 14.8. The second-order valence-corrected chi connectivity index (χ2v) is 6.28. The highest BCUT2D eigenvalue weighted by molar-refractivity contribution is 6.00. The van der Waals surface area contributed by atoms with Crippen molar-refractivity contribution in [1.82, 2.24) is 15.1 Å². The highest BCUT2D eigenvalue weighted by Crippen LogP contribution is 2.23. The summed E-state index contributed by atoms with van der Waals surface area (Å²) in [5.41, 5.74) is 2.99. The molecule has 0 aliphatic heterocycles. The van der Waals surface area contributed by atoms with Gasteiger partial charge in [-0.05, 0) is 31.9 Å². The molecule has 5 heteroatoms. The molecular formula is C21H23N3O2. The molecule has 0 bridgehead atoms. The molecule has 1 amide bonds. The summed E-state index contributed by atoms with van der Waals surface area (Å²) in [4.78, 5) is 12.8. The number of carbonyl (C=O) groups is 1. The molecule has 134 valence electrons. The van der Waals surface area contributed by atoms with Crippen molar-refractivity contribution in [1.29, 1.82) is 0 Å². The Morgan fingerprint density at radius 3 is 2.42 bits per heavy atom. The first kappa shape index (κ1) is 17.9. The standard InChI is InChI=1S/C21H23N3O2/c1-16(9-8-14-25)22-21(26)19-15-24(18-12-6-3-7-13-18)23-20(19)17-10-4-2-5-11-17/h2-7,10-13,15-16,25H,8-9,14H2,1H3,(H,22,26). The van der Waals surface area contributed by atoms with Gasteiger partial charge in [0.05, 0.1) is 11.3 Å². The zero-order valence-corrected chi connectivity index (χ0v) is 14.8. The number of carbonyl (C=O) groups excluding carboxylic acids is 1. The maximum Gasteiger partial charge on any atom is 0.255 e. The highest BCUT2D eigenvalue weighted by atomic mass is 16.3. The first-order valence-corrected chi connectivity index (χ1v) is 8.81. The summed E-state index contributed by atoms with van der Waals surface area (Å²) >= 11 is 0. The Morgan fingerprint density at radius 1 is 1.12 bits per heavy atom. The Morgan fingerprint density at radius 2 is 1.77 bits per heavy atom. The molecule has 2 N–H and O–H groups in total. The number of para-hydroxylation sites is 1. The van der Waals surface area contributed by atoms with Gasteiger partial charge in [-0.2, -0.15) is 5.10 Å². The second kappa shape index (κ2) is 8.45. The van der Waals surface area contributed by atoms with Crippen molar-refractivity contribution >= 4 is 5.91 Å². The molecule has 1 aromatic heterocycles. The minimum absolute atomic E-state index is 0.0154. The fourth-order valence-corrected chi connectivity index (χ4v) is 2.83. The van der Waals surface area contributed by atoms with Crippen molar-refractivity contribution in [2.75, 3.05) is 6.61 Å². The lowest BCUT2D eigenvalue weighted by atomic mass is 10.1. The van der Waals surface area contributed by atoms with Crippen molar-refractivity contribution in [2.45, 2.75) is 25.8 Å². The van der Waals surface area contributed by atoms with Crippen LogP contribution in [0.2, 0.25) is 0 Å². The van der Waals surface area contributed by atoms with Crippen molar-refractivity contribution in [2.24, 2.45) is 0 Å².